The van der Waals surface area contributed by atoms with Crippen molar-refractivity contribution in [2.45, 2.75) is 18.9 Å². The maximum absolute atomic E-state index is 11.3. The summed E-state index contributed by atoms with van der Waals surface area (Å²) in [4.78, 5) is 59.2. The molecule has 1 heterocycles. The summed E-state index contributed by atoms with van der Waals surface area (Å²) in [5.41, 5.74) is 0. The van der Waals surface area contributed by atoms with Crippen molar-refractivity contribution < 1.29 is 33.9 Å². The third kappa shape index (κ3) is 4.31. The first-order valence-corrected chi connectivity index (χ1v) is 5.65. The summed E-state index contributed by atoms with van der Waals surface area (Å²) in [5, 5.41) is 13.7. The predicted octanol–water partition coefficient (Wildman–Crippen LogP) is -3.18. The second kappa shape index (κ2) is 7.19. The van der Waals surface area contributed by atoms with Crippen LogP contribution in [0.25, 0.3) is 0 Å². The lowest BCUT2D eigenvalue weighted by Gasteiger charge is -2.12. The topological polar surface area (TPSA) is 142 Å². The smallest absolute Gasteiger partial charge is 0.334 e. The van der Waals surface area contributed by atoms with Gasteiger partial charge in [0.25, 0.3) is 11.8 Å². The number of nitrogens with one attached hydrogen (secondary N) is 2. The van der Waals surface area contributed by atoms with Crippen molar-refractivity contribution in [1.82, 2.24) is 15.7 Å². The van der Waals surface area contributed by atoms with Crippen molar-refractivity contribution >= 4 is 30.1 Å². The molecule has 0 radical (unpaired) electrons. The Morgan fingerprint density at radius 3 is 2.70 bits per heavy atom. The van der Waals surface area contributed by atoms with Crippen LogP contribution < -0.4 is 10.6 Å². The van der Waals surface area contributed by atoms with Gasteiger partial charge in [0.15, 0.2) is 0 Å². The summed E-state index contributed by atoms with van der Waals surface area (Å²) in [6.45, 7) is -0.315. The molecule has 0 aromatic carbocycles. The molecule has 0 aliphatic carbocycles. The van der Waals surface area contributed by atoms with Crippen molar-refractivity contribution in [3.63, 3.8) is 0 Å². The Balaban J connectivity index is 2.27. The quantitative estimate of drug-likeness (QED) is 0.331. The average molecular weight is 287 g/mol. The zero-order valence-electron chi connectivity index (χ0n) is 10.3. The Morgan fingerprint density at radius 2 is 2.15 bits per heavy atom. The van der Waals surface area contributed by atoms with E-state index >= 15 is 0 Å². The number of amides is 4. The summed E-state index contributed by atoms with van der Waals surface area (Å²) in [6.07, 6.45) is -1.85. The Morgan fingerprint density at radius 1 is 1.45 bits per heavy atom. The first kappa shape index (κ1) is 15.6. The van der Waals surface area contributed by atoms with Crippen molar-refractivity contribution in [2.75, 3.05) is 13.1 Å². The minimum atomic E-state index is -1.50. The SMILES string of the molecule is O=CNCC(=O)NCCC(=O)ON1C(=O)CC(O)C1=O. The minimum absolute atomic E-state index is 0.0863. The van der Waals surface area contributed by atoms with E-state index in [2.05, 4.69) is 15.5 Å². The third-order valence-corrected chi connectivity index (χ3v) is 2.27. The normalized spacial score (nSPS) is 17.9. The molecule has 1 saturated heterocycles. The molecule has 110 valence electrons. The van der Waals surface area contributed by atoms with E-state index in [1.165, 1.54) is 0 Å². The molecular weight excluding hydrogens is 274 g/mol. The Hall–Kier alpha value is -2.49. The highest BCUT2D eigenvalue weighted by Crippen LogP contribution is 2.13. The highest BCUT2D eigenvalue weighted by Gasteiger charge is 2.40. The van der Waals surface area contributed by atoms with E-state index in [4.69, 9.17) is 5.11 Å². The van der Waals surface area contributed by atoms with Gasteiger partial charge in [0, 0.05) is 6.54 Å². The van der Waals surface area contributed by atoms with Gasteiger partial charge in [-0.1, -0.05) is 5.06 Å². The number of carbonyl (C=O) groups is 5. The van der Waals surface area contributed by atoms with Crippen LogP contribution in [0.1, 0.15) is 12.8 Å². The van der Waals surface area contributed by atoms with Crippen LogP contribution in [0.4, 0.5) is 0 Å². The molecule has 1 atom stereocenters. The Bertz CT molecular complexity index is 437. The van der Waals surface area contributed by atoms with Gasteiger partial charge in [0.2, 0.25) is 12.3 Å². The van der Waals surface area contributed by atoms with Gasteiger partial charge < -0.3 is 20.6 Å². The fourth-order valence-corrected chi connectivity index (χ4v) is 1.34. The molecule has 0 aromatic rings. The van der Waals surface area contributed by atoms with Crippen molar-refractivity contribution in [2.24, 2.45) is 0 Å². The summed E-state index contributed by atoms with van der Waals surface area (Å²) in [5.74, 6) is -3.23. The van der Waals surface area contributed by atoms with Crippen molar-refractivity contribution in [3.05, 3.63) is 0 Å². The summed E-state index contributed by atoms with van der Waals surface area (Å²) in [6, 6.07) is 0. The minimum Gasteiger partial charge on any atom is -0.383 e. The zero-order chi connectivity index (χ0) is 15.1. The molecule has 1 rings (SSSR count). The standard InChI is InChI=1S/C10H13N3O7/c14-5-11-4-7(16)12-2-1-9(18)20-13-8(17)3-6(15)10(13)19/h5-6,15H,1-4H2,(H,11,14)(H,12,16). The maximum atomic E-state index is 11.3. The molecule has 20 heavy (non-hydrogen) atoms. The molecule has 0 aromatic heterocycles. The van der Waals surface area contributed by atoms with Gasteiger partial charge in [-0.3, -0.25) is 19.2 Å². The second-order valence-electron chi connectivity index (χ2n) is 3.81. The van der Waals surface area contributed by atoms with Gasteiger partial charge >= 0.3 is 5.97 Å². The zero-order valence-corrected chi connectivity index (χ0v) is 10.3. The average Bonchev–Trinajstić information content (AvgIpc) is 2.63. The molecule has 1 aliphatic heterocycles. The molecule has 3 N–H and O–H groups in total. The van der Waals surface area contributed by atoms with Crippen LogP contribution in [0.2, 0.25) is 0 Å². The molecule has 1 fully saturated rings. The van der Waals surface area contributed by atoms with Gasteiger partial charge in [-0.15, -0.1) is 0 Å². The lowest BCUT2D eigenvalue weighted by atomic mass is 10.3. The lowest BCUT2D eigenvalue weighted by molar-refractivity contribution is -0.198. The van der Waals surface area contributed by atoms with Gasteiger partial charge in [-0.05, 0) is 0 Å². The molecule has 0 spiro atoms. The highest BCUT2D eigenvalue weighted by atomic mass is 16.7. The molecule has 10 heteroatoms. The fourth-order valence-electron chi connectivity index (χ4n) is 1.34. The van der Waals surface area contributed by atoms with Crippen LogP contribution >= 0.6 is 0 Å². The first-order chi connectivity index (χ1) is 9.45. The molecule has 10 nitrogen and oxygen atoms in total. The van der Waals surface area contributed by atoms with Gasteiger partial charge in [-0.2, -0.15) is 0 Å². The lowest BCUT2D eigenvalue weighted by Crippen LogP contribution is -2.37. The van der Waals surface area contributed by atoms with Crippen LogP contribution in [-0.2, 0) is 28.8 Å². The van der Waals surface area contributed by atoms with E-state index in [0.717, 1.165) is 0 Å². The summed E-state index contributed by atoms with van der Waals surface area (Å²) < 4.78 is 0. The van der Waals surface area contributed by atoms with Gasteiger partial charge in [-0.25, -0.2) is 4.79 Å². The van der Waals surface area contributed by atoms with Crippen molar-refractivity contribution in [1.29, 1.82) is 0 Å². The Kier molecular flexibility index (Phi) is 5.59. The monoisotopic (exact) mass is 287 g/mol. The highest BCUT2D eigenvalue weighted by molar-refractivity contribution is 6.04. The number of hydroxylamine groups is 2. The van der Waals surface area contributed by atoms with Crippen LogP contribution in [0.5, 0.6) is 0 Å². The molecule has 4 amide bonds. The van der Waals surface area contributed by atoms with Crippen LogP contribution in [-0.4, -0.2) is 59.5 Å². The number of rotatable bonds is 7. The van der Waals surface area contributed by atoms with Crippen molar-refractivity contribution in [3.8, 4) is 0 Å². The molecule has 1 unspecified atom stereocenters. The summed E-state index contributed by atoms with van der Waals surface area (Å²) >= 11 is 0. The summed E-state index contributed by atoms with van der Waals surface area (Å²) in [7, 11) is 0. The first-order valence-electron chi connectivity index (χ1n) is 5.65. The second-order valence-corrected chi connectivity index (χ2v) is 3.81. The van der Waals surface area contributed by atoms with E-state index in [1.807, 2.05) is 0 Å². The maximum Gasteiger partial charge on any atom is 0.334 e. The number of aliphatic hydroxyl groups is 1. The third-order valence-electron chi connectivity index (χ3n) is 2.27. The number of hydrogen-bond acceptors (Lipinski definition) is 7. The van der Waals surface area contributed by atoms with E-state index in [-0.39, 0.29) is 24.6 Å². The molecule has 1 aliphatic rings. The van der Waals surface area contributed by atoms with Crippen LogP contribution in [0.15, 0.2) is 0 Å². The number of imide groups is 1. The van der Waals surface area contributed by atoms with Crippen LogP contribution in [0, 0.1) is 0 Å². The fraction of sp³-hybridized carbons (Fsp3) is 0.500. The van der Waals surface area contributed by atoms with E-state index in [9.17, 15) is 24.0 Å². The number of aliphatic hydroxyl groups excluding tert-OH is 1. The number of hydrogen-bond donors (Lipinski definition) is 3. The van der Waals surface area contributed by atoms with E-state index in [1.54, 1.807) is 0 Å². The van der Waals surface area contributed by atoms with Gasteiger partial charge in [0.1, 0.15) is 6.10 Å². The van der Waals surface area contributed by atoms with E-state index < -0.39 is 36.2 Å². The predicted molar refractivity (Wildman–Crippen MR) is 60.3 cm³/mol. The Labute approximate surface area is 113 Å². The number of carbonyl (C=O) groups excluding carboxylic acids is 5. The molecule has 0 saturated carbocycles. The molecule has 0 bridgehead atoms. The largest absolute Gasteiger partial charge is 0.383 e. The van der Waals surface area contributed by atoms with Crippen LogP contribution in [0.3, 0.4) is 0 Å². The van der Waals surface area contributed by atoms with E-state index in [0.29, 0.717) is 6.41 Å². The molecular formula is C10H13N3O7. The van der Waals surface area contributed by atoms with Gasteiger partial charge in [0.05, 0.1) is 19.4 Å². The number of nitrogens with zero attached hydrogens (tertiary/aromatic N) is 1.